The average molecular weight is 388 g/mol. The molecular formula is C9H6Br2ClNS2. The van der Waals surface area contributed by atoms with Gasteiger partial charge in [-0.05, 0) is 49.4 Å². The second-order valence-corrected chi connectivity index (χ2v) is 7.49. The second-order valence-electron chi connectivity index (χ2n) is 2.88. The van der Waals surface area contributed by atoms with Crippen LogP contribution in [0.4, 0.5) is 0 Å². The Morgan fingerprint density at radius 2 is 2.13 bits per heavy atom. The summed E-state index contributed by atoms with van der Waals surface area (Å²) in [4.78, 5) is 2.11. The van der Waals surface area contributed by atoms with Gasteiger partial charge >= 0.3 is 0 Å². The number of halogens is 3. The molecule has 0 spiro atoms. The maximum absolute atomic E-state index is 6.14. The molecule has 0 aliphatic heterocycles. The van der Waals surface area contributed by atoms with Crippen LogP contribution < -0.4 is 5.73 Å². The fraction of sp³-hybridized carbons (Fsp3) is 0.111. The van der Waals surface area contributed by atoms with Gasteiger partial charge in [-0.25, -0.2) is 0 Å². The summed E-state index contributed by atoms with van der Waals surface area (Å²) in [6.45, 7) is 0. The number of hydrogen-bond acceptors (Lipinski definition) is 3. The zero-order chi connectivity index (χ0) is 11.0. The van der Waals surface area contributed by atoms with Crippen molar-refractivity contribution in [1.82, 2.24) is 0 Å². The summed E-state index contributed by atoms with van der Waals surface area (Å²) in [7, 11) is 0. The molecule has 0 radical (unpaired) electrons. The first-order valence-corrected chi connectivity index (χ1v) is 7.69. The first-order valence-electron chi connectivity index (χ1n) is 4.03. The minimum Gasteiger partial charge on any atom is -0.319 e. The van der Waals surface area contributed by atoms with Crippen molar-refractivity contribution in [3.05, 3.63) is 40.5 Å². The van der Waals surface area contributed by atoms with E-state index < -0.39 is 0 Å². The highest BCUT2D eigenvalue weighted by molar-refractivity contribution is 9.13. The molecule has 15 heavy (non-hydrogen) atoms. The van der Waals surface area contributed by atoms with Gasteiger partial charge in [0.2, 0.25) is 0 Å². The first-order chi connectivity index (χ1) is 7.09. The van der Waals surface area contributed by atoms with Crippen molar-refractivity contribution in [2.24, 2.45) is 5.73 Å². The molecule has 0 fully saturated rings. The van der Waals surface area contributed by atoms with Crippen LogP contribution in [0.15, 0.2) is 25.8 Å². The minimum absolute atomic E-state index is 0.134. The van der Waals surface area contributed by atoms with Crippen molar-refractivity contribution in [1.29, 1.82) is 0 Å². The largest absolute Gasteiger partial charge is 0.319 e. The van der Waals surface area contributed by atoms with Crippen molar-refractivity contribution in [3.63, 3.8) is 0 Å². The van der Waals surface area contributed by atoms with Crippen LogP contribution in [0.1, 0.15) is 15.8 Å². The molecule has 0 saturated carbocycles. The average Bonchev–Trinajstić information content (AvgIpc) is 2.74. The highest BCUT2D eigenvalue weighted by atomic mass is 79.9. The number of thiophene rings is 2. The molecule has 0 saturated heterocycles. The first kappa shape index (κ1) is 12.1. The molecule has 2 N–H and O–H groups in total. The molecule has 0 aliphatic carbocycles. The Morgan fingerprint density at radius 1 is 1.40 bits per heavy atom. The lowest BCUT2D eigenvalue weighted by Gasteiger charge is -2.07. The van der Waals surface area contributed by atoms with Gasteiger partial charge in [-0.2, -0.15) is 0 Å². The van der Waals surface area contributed by atoms with Crippen LogP contribution in [-0.2, 0) is 0 Å². The summed E-state index contributed by atoms with van der Waals surface area (Å²) in [5.41, 5.74) is 6.14. The molecule has 1 atom stereocenters. The van der Waals surface area contributed by atoms with E-state index in [-0.39, 0.29) is 6.04 Å². The van der Waals surface area contributed by atoms with Gasteiger partial charge in [0.1, 0.15) is 0 Å². The topological polar surface area (TPSA) is 26.0 Å². The Labute approximate surface area is 118 Å². The van der Waals surface area contributed by atoms with Crippen molar-refractivity contribution in [2.75, 3.05) is 0 Å². The maximum atomic E-state index is 6.14. The number of rotatable bonds is 2. The molecule has 2 aromatic rings. The van der Waals surface area contributed by atoms with Gasteiger partial charge < -0.3 is 5.73 Å². The predicted molar refractivity (Wildman–Crippen MR) is 75.1 cm³/mol. The van der Waals surface area contributed by atoms with Crippen LogP contribution in [0, 0.1) is 0 Å². The van der Waals surface area contributed by atoms with E-state index in [1.807, 2.05) is 17.5 Å². The summed E-state index contributed by atoms with van der Waals surface area (Å²) < 4.78 is 2.09. The quantitative estimate of drug-likeness (QED) is 0.768. The van der Waals surface area contributed by atoms with E-state index in [0.29, 0.717) is 0 Å². The van der Waals surface area contributed by atoms with Crippen LogP contribution in [0.25, 0.3) is 0 Å². The van der Waals surface area contributed by atoms with E-state index in [1.165, 1.54) is 0 Å². The summed E-state index contributed by atoms with van der Waals surface area (Å²) in [6, 6.07) is 3.76. The third-order valence-electron chi connectivity index (χ3n) is 1.90. The molecule has 80 valence electrons. The minimum atomic E-state index is -0.134. The fourth-order valence-electron chi connectivity index (χ4n) is 1.17. The molecule has 2 rings (SSSR count). The Morgan fingerprint density at radius 3 is 2.60 bits per heavy atom. The van der Waals surface area contributed by atoms with Crippen LogP contribution in [0.5, 0.6) is 0 Å². The van der Waals surface area contributed by atoms with Crippen LogP contribution in [0.3, 0.4) is 0 Å². The van der Waals surface area contributed by atoms with Gasteiger partial charge in [-0.1, -0.05) is 11.6 Å². The molecule has 0 bridgehead atoms. The Bertz CT molecular complexity index is 461. The molecule has 0 aliphatic rings. The molecule has 2 aromatic heterocycles. The zero-order valence-electron chi connectivity index (χ0n) is 7.34. The van der Waals surface area contributed by atoms with E-state index in [9.17, 15) is 0 Å². The summed E-state index contributed by atoms with van der Waals surface area (Å²) >= 11 is 16.1. The van der Waals surface area contributed by atoms with Gasteiger partial charge in [0.25, 0.3) is 0 Å². The third kappa shape index (κ3) is 2.48. The van der Waals surface area contributed by atoms with Gasteiger partial charge in [-0.3, -0.25) is 0 Å². The monoisotopic (exact) mass is 385 g/mol. The van der Waals surface area contributed by atoms with Crippen LogP contribution >= 0.6 is 66.1 Å². The third-order valence-corrected chi connectivity index (χ3v) is 6.68. The van der Waals surface area contributed by atoms with Gasteiger partial charge in [0.05, 0.1) is 14.9 Å². The lowest BCUT2D eigenvalue weighted by Crippen LogP contribution is -2.08. The molecule has 6 heteroatoms. The Hall–Kier alpha value is 0.610. The molecule has 0 aromatic carbocycles. The normalized spacial score (nSPS) is 13.1. The smallest absolute Gasteiger partial charge is 0.0843 e. The SMILES string of the molecule is NC(c1cc(Br)c(Br)s1)c1sccc1Cl. The summed E-state index contributed by atoms with van der Waals surface area (Å²) in [6.07, 6.45) is 0. The maximum Gasteiger partial charge on any atom is 0.0843 e. The lowest BCUT2D eigenvalue weighted by molar-refractivity contribution is 0.917. The van der Waals surface area contributed by atoms with E-state index >= 15 is 0 Å². The van der Waals surface area contributed by atoms with Crippen LogP contribution in [0.2, 0.25) is 5.02 Å². The molecule has 1 nitrogen and oxygen atoms in total. The van der Waals surface area contributed by atoms with Gasteiger partial charge in [0, 0.05) is 14.2 Å². The summed E-state index contributed by atoms with van der Waals surface area (Å²) in [5, 5.41) is 2.70. The van der Waals surface area contributed by atoms with E-state index in [2.05, 4.69) is 31.9 Å². The fourth-order valence-corrected chi connectivity index (χ4v) is 4.54. The number of nitrogens with two attached hydrogens (primary N) is 1. The van der Waals surface area contributed by atoms with Crippen molar-refractivity contribution in [3.8, 4) is 0 Å². The zero-order valence-corrected chi connectivity index (χ0v) is 12.9. The van der Waals surface area contributed by atoms with Crippen molar-refractivity contribution in [2.45, 2.75) is 6.04 Å². The molecule has 2 heterocycles. The Kier molecular flexibility index (Phi) is 3.91. The van der Waals surface area contributed by atoms with Gasteiger partial charge in [-0.15, -0.1) is 22.7 Å². The second kappa shape index (κ2) is 4.85. The van der Waals surface area contributed by atoms with Crippen LogP contribution in [-0.4, -0.2) is 0 Å². The highest BCUT2D eigenvalue weighted by Gasteiger charge is 2.17. The Balaban J connectivity index is 2.36. The molecular weight excluding hydrogens is 382 g/mol. The van der Waals surface area contributed by atoms with E-state index in [4.69, 9.17) is 17.3 Å². The summed E-state index contributed by atoms with van der Waals surface area (Å²) in [5.74, 6) is 0. The van der Waals surface area contributed by atoms with E-state index in [1.54, 1.807) is 22.7 Å². The molecule has 1 unspecified atom stereocenters. The van der Waals surface area contributed by atoms with Crippen molar-refractivity contribution >= 4 is 66.1 Å². The predicted octanol–water partition coefficient (Wildman–Crippen LogP) is 5.04. The highest BCUT2D eigenvalue weighted by Crippen LogP contribution is 2.39. The lowest BCUT2D eigenvalue weighted by atomic mass is 10.2. The molecule has 0 amide bonds. The van der Waals surface area contributed by atoms with Crippen molar-refractivity contribution < 1.29 is 0 Å². The number of hydrogen-bond donors (Lipinski definition) is 1. The van der Waals surface area contributed by atoms with Gasteiger partial charge in [0.15, 0.2) is 0 Å². The standard InChI is InChI=1S/C9H6Br2ClNS2/c10-4-3-6(15-9(4)11)7(13)8-5(12)1-2-14-8/h1-3,7H,13H2. The van der Waals surface area contributed by atoms with E-state index in [0.717, 1.165) is 23.0 Å².